The van der Waals surface area contributed by atoms with Crippen LogP contribution in [0.2, 0.25) is 0 Å². The first-order chi connectivity index (χ1) is 13.8. The van der Waals surface area contributed by atoms with Gasteiger partial charge in [-0.3, -0.25) is 9.59 Å². The molecule has 0 radical (unpaired) electrons. The Labute approximate surface area is 170 Å². The molecular weight excluding hydrogens is 362 g/mol. The molecule has 3 aromatic rings. The molecule has 4 heteroatoms. The molecule has 0 amide bonds. The minimum absolute atomic E-state index is 0.0811. The largest absolute Gasteiger partial charge is 0.508 e. The molecule has 0 aliphatic carbocycles. The Morgan fingerprint density at radius 3 is 2.24 bits per heavy atom. The number of para-hydroxylation sites is 1. The first kappa shape index (κ1) is 20.1. The van der Waals surface area contributed by atoms with Crippen molar-refractivity contribution in [2.75, 3.05) is 5.32 Å². The van der Waals surface area contributed by atoms with Crippen molar-refractivity contribution >= 4 is 23.0 Å². The zero-order valence-electron chi connectivity index (χ0n) is 16.7. The van der Waals surface area contributed by atoms with E-state index in [0.717, 1.165) is 16.8 Å². The average Bonchev–Trinajstić information content (AvgIpc) is 2.69. The molecule has 3 rings (SSSR count). The van der Waals surface area contributed by atoms with E-state index in [2.05, 4.69) is 11.9 Å². The molecule has 0 aromatic heterocycles. The number of benzene rings is 3. The zero-order chi connectivity index (χ0) is 21.1. The molecule has 2 N–H and O–H groups in total. The number of anilines is 1. The highest BCUT2D eigenvalue weighted by Crippen LogP contribution is 2.35. The Kier molecular flexibility index (Phi) is 5.64. The van der Waals surface area contributed by atoms with Gasteiger partial charge in [-0.1, -0.05) is 36.9 Å². The van der Waals surface area contributed by atoms with Gasteiger partial charge in [-0.15, -0.1) is 0 Å². The summed E-state index contributed by atoms with van der Waals surface area (Å²) in [5, 5.41) is 13.4. The molecule has 0 fully saturated rings. The molecule has 29 heavy (non-hydrogen) atoms. The number of rotatable bonds is 6. The number of aromatic hydroxyl groups is 1. The van der Waals surface area contributed by atoms with Crippen LogP contribution in [-0.4, -0.2) is 16.7 Å². The normalized spacial score (nSPS) is 10.4. The van der Waals surface area contributed by atoms with Gasteiger partial charge in [0, 0.05) is 28.1 Å². The van der Waals surface area contributed by atoms with Gasteiger partial charge in [0.25, 0.3) is 0 Å². The molecule has 0 heterocycles. The summed E-state index contributed by atoms with van der Waals surface area (Å²) in [6, 6.07) is 17.9. The van der Waals surface area contributed by atoms with Gasteiger partial charge in [0.2, 0.25) is 0 Å². The molecule has 0 unspecified atom stereocenters. The number of nitrogens with one attached hydrogen (secondary N) is 1. The van der Waals surface area contributed by atoms with E-state index in [-0.39, 0.29) is 17.3 Å². The van der Waals surface area contributed by atoms with Crippen LogP contribution < -0.4 is 5.32 Å². The lowest BCUT2D eigenvalue weighted by Gasteiger charge is -2.18. The van der Waals surface area contributed by atoms with Gasteiger partial charge >= 0.3 is 0 Å². The Bertz CT molecular complexity index is 1130. The second-order valence-corrected chi connectivity index (χ2v) is 7.02. The number of carbonyl (C=O) groups is 2. The van der Waals surface area contributed by atoms with Gasteiger partial charge in [0.1, 0.15) is 5.75 Å². The van der Waals surface area contributed by atoms with E-state index in [1.54, 1.807) is 36.4 Å². The van der Waals surface area contributed by atoms with Crippen LogP contribution in [-0.2, 0) is 0 Å². The van der Waals surface area contributed by atoms with Crippen molar-refractivity contribution in [2.45, 2.75) is 20.8 Å². The lowest BCUT2D eigenvalue weighted by Crippen LogP contribution is -2.04. The van der Waals surface area contributed by atoms with Crippen molar-refractivity contribution in [3.8, 4) is 16.9 Å². The van der Waals surface area contributed by atoms with Crippen LogP contribution in [0.15, 0.2) is 67.2 Å². The van der Waals surface area contributed by atoms with Crippen molar-refractivity contribution in [3.63, 3.8) is 0 Å². The summed E-state index contributed by atoms with van der Waals surface area (Å²) < 4.78 is 0. The second kappa shape index (κ2) is 8.15. The summed E-state index contributed by atoms with van der Waals surface area (Å²) in [4.78, 5) is 24.1. The van der Waals surface area contributed by atoms with Crippen LogP contribution in [0.3, 0.4) is 0 Å². The number of aryl methyl sites for hydroxylation is 1. The molecule has 146 valence electrons. The van der Waals surface area contributed by atoms with E-state index < -0.39 is 0 Å². The summed E-state index contributed by atoms with van der Waals surface area (Å²) in [6.45, 7) is 9.10. The van der Waals surface area contributed by atoms with Crippen molar-refractivity contribution in [2.24, 2.45) is 0 Å². The fourth-order valence-electron chi connectivity index (χ4n) is 3.25. The highest BCUT2D eigenvalue weighted by Gasteiger charge is 2.17. The molecule has 3 aromatic carbocycles. The Balaban J connectivity index is 2.13. The van der Waals surface area contributed by atoms with Crippen LogP contribution in [0, 0.1) is 6.92 Å². The maximum Gasteiger partial charge on any atom is 0.160 e. The number of phenolic OH excluding ortho intramolecular Hbond substituents is 1. The lowest BCUT2D eigenvalue weighted by molar-refractivity contribution is 0.101. The van der Waals surface area contributed by atoms with Crippen LogP contribution in [0.4, 0.5) is 5.69 Å². The summed E-state index contributed by atoms with van der Waals surface area (Å²) in [5.41, 5.74) is 5.59. The third-order valence-corrected chi connectivity index (χ3v) is 4.85. The van der Waals surface area contributed by atoms with Gasteiger partial charge in [0.05, 0.1) is 0 Å². The number of Topliss-reactive ketones (excluding diaryl/α,β-unsaturated/α-hetero) is 2. The number of phenols is 1. The summed E-state index contributed by atoms with van der Waals surface area (Å²) >= 11 is 0. The summed E-state index contributed by atoms with van der Waals surface area (Å²) in [6.07, 6.45) is 0. The van der Waals surface area contributed by atoms with Crippen LogP contribution >= 0.6 is 0 Å². The summed E-state index contributed by atoms with van der Waals surface area (Å²) in [5.74, 6) is -0.187. The standard InChI is InChI=1S/C25H23NO3/c1-15-7-5-6-8-25(15)26-16(2)21-12-10-20(29)14-24(21)22-11-9-19(17(3)27)13-23(22)18(4)28/h5-14,26,29H,2H2,1,3-4H3. The maximum absolute atomic E-state index is 12.3. The fraction of sp³-hybridized carbons (Fsp3) is 0.120. The second-order valence-electron chi connectivity index (χ2n) is 7.02. The van der Waals surface area contributed by atoms with Crippen molar-refractivity contribution < 1.29 is 14.7 Å². The third-order valence-electron chi connectivity index (χ3n) is 4.85. The van der Waals surface area contributed by atoms with Crippen molar-refractivity contribution in [1.82, 2.24) is 0 Å². The zero-order valence-corrected chi connectivity index (χ0v) is 16.7. The van der Waals surface area contributed by atoms with Crippen molar-refractivity contribution in [3.05, 3.63) is 89.5 Å². The monoisotopic (exact) mass is 385 g/mol. The molecule has 0 aliphatic rings. The van der Waals surface area contributed by atoms with E-state index in [1.165, 1.54) is 13.8 Å². The van der Waals surface area contributed by atoms with Gasteiger partial charge in [-0.2, -0.15) is 0 Å². The molecule has 0 aliphatic heterocycles. The van der Waals surface area contributed by atoms with Crippen LogP contribution in [0.1, 0.15) is 45.7 Å². The topological polar surface area (TPSA) is 66.4 Å². The first-order valence-electron chi connectivity index (χ1n) is 9.29. The average molecular weight is 385 g/mol. The van der Waals surface area contributed by atoms with E-state index >= 15 is 0 Å². The van der Waals surface area contributed by atoms with Crippen molar-refractivity contribution in [1.29, 1.82) is 0 Å². The molecule has 0 bridgehead atoms. The van der Waals surface area contributed by atoms with Gasteiger partial charge in [-0.05, 0) is 67.8 Å². The van der Waals surface area contributed by atoms with Crippen LogP contribution in [0.25, 0.3) is 16.8 Å². The minimum Gasteiger partial charge on any atom is -0.508 e. The number of hydrogen-bond acceptors (Lipinski definition) is 4. The molecule has 4 nitrogen and oxygen atoms in total. The summed E-state index contributed by atoms with van der Waals surface area (Å²) in [7, 11) is 0. The molecule has 0 saturated carbocycles. The first-order valence-corrected chi connectivity index (χ1v) is 9.29. The number of ketones is 2. The molecule has 0 saturated heterocycles. The fourth-order valence-corrected chi connectivity index (χ4v) is 3.25. The van der Waals surface area contributed by atoms with E-state index in [1.807, 2.05) is 31.2 Å². The predicted octanol–water partition coefficient (Wildman–Crippen LogP) is 5.86. The Morgan fingerprint density at radius 1 is 0.862 bits per heavy atom. The molecular formula is C25H23NO3. The molecule has 0 atom stereocenters. The van der Waals surface area contributed by atoms with E-state index in [0.29, 0.717) is 28.0 Å². The molecule has 0 spiro atoms. The highest BCUT2D eigenvalue weighted by molar-refractivity contribution is 6.05. The lowest BCUT2D eigenvalue weighted by atomic mass is 9.90. The Morgan fingerprint density at radius 2 is 1.59 bits per heavy atom. The third kappa shape index (κ3) is 4.27. The predicted molar refractivity (Wildman–Crippen MR) is 117 cm³/mol. The van der Waals surface area contributed by atoms with Gasteiger partial charge in [-0.25, -0.2) is 0 Å². The SMILES string of the molecule is C=C(Nc1ccccc1C)c1ccc(O)cc1-c1ccc(C(C)=O)cc1C(C)=O. The number of hydrogen-bond donors (Lipinski definition) is 2. The highest BCUT2D eigenvalue weighted by atomic mass is 16.3. The number of carbonyl (C=O) groups excluding carboxylic acids is 2. The van der Waals surface area contributed by atoms with E-state index in [9.17, 15) is 14.7 Å². The van der Waals surface area contributed by atoms with Crippen LogP contribution in [0.5, 0.6) is 5.75 Å². The minimum atomic E-state index is -0.158. The quantitative estimate of drug-likeness (QED) is 0.522. The van der Waals surface area contributed by atoms with Gasteiger partial charge < -0.3 is 10.4 Å². The smallest absolute Gasteiger partial charge is 0.160 e. The van der Waals surface area contributed by atoms with E-state index in [4.69, 9.17) is 0 Å². The maximum atomic E-state index is 12.3. The van der Waals surface area contributed by atoms with Gasteiger partial charge in [0.15, 0.2) is 11.6 Å². The Hall–Kier alpha value is -3.66.